The first-order chi connectivity index (χ1) is 9.43. The second-order valence-electron chi connectivity index (χ2n) is 3.47. The van der Waals surface area contributed by atoms with Crippen LogP contribution < -0.4 is 4.74 Å². The van der Waals surface area contributed by atoms with Gasteiger partial charge in [-0.15, -0.1) is 0 Å². The van der Waals surface area contributed by atoms with Gasteiger partial charge in [0.1, 0.15) is 0 Å². The first kappa shape index (κ1) is 17.2. The van der Waals surface area contributed by atoms with E-state index in [9.17, 15) is 9.59 Å². The van der Waals surface area contributed by atoms with Crippen molar-refractivity contribution in [3.05, 3.63) is 25.6 Å². The summed E-state index contributed by atoms with van der Waals surface area (Å²) in [6.07, 6.45) is 0.691. The summed E-state index contributed by atoms with van der Waals surface area (Å²) in [4.78, 5) is 22.6. The highest BCUT2D eigenvalue weighted by atomic mass is 79.9. The molecule has 0 heterocycles. The van der Waals surface area contributed by atoms with Crippen molar-refractivity contribution in [3.8, 4) is 17.6 Å². The van der Waals surface area contributed by atoms with E-state index in [4.69, 9.17) is 9.47 Å². The Bertz CT molecular complexity index is 564. The summed E-state index contributed by atoms with van der Waals surface area (Å²) in [5, 5.41) is 0. The Morgan fingerprint density at radius 2 is 1.65 bits per heavy atom. The standard InChI is InChI=1S/C13H9Br3O4/c1-2-5-19-11(17)3-4-12(18)20-13-9(15)6-8(14)7-10(13)16/h6-7H,2,5H2,1H3. The molecule has 0 unspecified atom stereocenters. The number of esters is 2. The molecule has 0 fully saturated rings. The van der Waals surface area contributed by atoms with Gasteiger partial charge in [0.15, 0.2) is 5.75 Å². The molecule has 0 bridgehead atoms. The van der Waals surface area contributed by atoms with E-state index in [0.717, 1.165) is 4.47 Å². The molecule has 1 aromatic rings. The number of ether oxygens (including phenoxy) is 2. The van der Waals surface area contributed by atoms with Gasteiger partial charge in [0.05, 0.1) is 15.6 Å². The molecule has 20 heavy (non-hydrogen) atoms. The van der Waals surface area contributed by atoms with Crippen molar-refractivity contribution >= 4 is 59.7 Å². The molecule has 0 aromatic heterocycles. The van der Waals surface area contributed by atoms with Crippen molar-refractivity contribution in [1.29, 1.82) is 0 Å². The summed E-state index contributed by atoms with van der Waals surface area (Å²) in [6, 6.07) is 3.44. The van der Waals surface area contributed by atoms with Crippen LogP contribution in [0.5, 0.6) is 5.75 Å². The van der Waals surface area contributed by atoms with E-state index < -0.39 is 11.9 Å². The minimum atomic E-state index is -0.845. The van der Waals surface area contributed by atoms with E-state index in [-0.39, 0.29) is 12.4 Å². The predicted molar refractivity (Wildman–Crippen MR) is 84.2 cm³/mol. The zero-order valence-corrected chi connectivity index (χ0v) is 15.1. The normalized spacial score (nSPS) is 9.40. The molecule has 1 aromatic carbocycles. The van der Waals surface area contributed by atoms with E-state index in [0.29, 0.717) is 15.4 Å². The second kappa shape index (κ2) is 8.45. The molecule has 106 valence electrons. The lowest BCUT2D eigenvalue weighted by molar-refractivity contribution is -0.137. The average molecular weight is 469 g/mol. The number of halogens is 3. The van der Waals surface area contributed by atoms with E-state index in [1.807, 2.05) is 6.92 Å². The van der Waals surface area contributed by atoms with Crippen LogP contribution in [0.4, 0.5) is 0 Å². The summed E-state index contributed by atoms with van der Waals surface area (Å²) >= 11 is 9.82. The summed E-state index contributed by atoms with van der Waals surface area (Å²) in [5.74, 6) is 2.82. The number of carbonyl (C=O) groups excluding carboxylic acids is 2. The Labute approximate surface area is 141 Å². The Kier molecular flexibility index (Phi) is 7.27. The lowest BCUT2D eigenvalue weighted by atomic mass is 10.3. The lowest BCUT2D eigenvalue weighted by Gasteiger charge is -2.06. The smallest absolute Gasteiger partial charge is 0.390 e. The van der Waals surface area contributed by atoms with Gasteiger partial charge in [-0.1, -0.05) is 22.9 Å². The van der Waals surface area contributed by atoms with Gasteiger partial charge in [0, 0.05) is 16.3 Å². The molecule has 0 aliphatic rings. The van der Waals surface area contributed by atoms with Crippen molar-refractivity contribution in [2.75, 3.05) is 6.61 Å². The zero-order valence-electron chi connectivity index (χ0n) is 10.3. The largest absolute Gasteiger partial charge is 0.456 e. The summed E-state index contributed by atoms with van der Waals surface area (Å²) < 4.78 is 11.7. The van der Waals surface area contributed by atoms with Crippen LogP contribution in [-0.4, -0.2) is 18.5 Å². The maximum absolute atomic E-state index is 11.5. The third-order valence-electron chi connectivity index (χ3n) is 1.86. The van der Waals surface area contributed by atoms with Gasteiger partial charge in [0.25, 0.3) is 0 Å². The lowest BCUT2D eigenvalue weighted by Crippen LogP contribution is -2.08. The number of carbonyl (C=O) groups is 2. The zero-order chi connectivity index (χ0) is 15.1. The van der Waals surface area contributed by atoms with Crippen molar-refractivity contribution in [1.82, 2.24) is 0 Å². The number of benzene rings is 1. The van der Waals surface area contributed by atoms with Gasteiger partial charge in [-0.25, -0.2) is 9.59 Å². The maximum atomic E-state index is 11.5. The third-order valence-corrected chi connectivity index (χ3v) is 3.50. The van der Waals surface area contributed by atoms with Crippen LogP contribution in [0.15, 0.2) is 25.6 Å². The Morgan fingerprint density at radius 1 is 1.10 bits per heavy atom. The molecule has 0 spiro atoms. The van der Waals surface area contributed by atoms with E-state index in [1.165, 1.54) is 0 Å². The summed E-state index contributed by atoms with van der Waals surface area (Å²) in [6.45, 7) is 2.13. The number of hydrogen-bond acceptors (Lipinski definition) is 4. The topological polar surface area (TPSA) is 52.6 Å². The monoisotopic (exact) mass is 466 g/mol. The fourth-order valence-corrected chi connectivity index (χ4v) is 3.50. The fraction of sp³-hybridized carbons (Fsp3) is 0.231. The Balaban J connectivity index is 2.73. The predicted octanol–water partition coefficient (Wildman–Crippen LogP) is 3.84. The minimum absolute atomic E-state index is 0.270. The molecular formula is C13H9Br3O4. The van der Waals surface area contributed by atoms with Crippen LogP contribution in [0.2, 0.25) is 0 Å². The molecule has 0 saturated heterocycles. The number of hydrogen-bond donors (Lipinski definition) is 0. The molecule has 4 nitrogen and oxygen atoms in total. The summed E-state index contributed by atoms with van der Waals surface area (Å²) in [5.41, 5.74) is 0. The van der Waals surface area contributed by atoms with Gasteiger partial charge < -0.3 is 9.47 Å². The molecule has 0 N–H and O–H groups in total. The van der Waals surface area contributed by atoms with Crippen LogP contribution >= 0.6 is 47.8 Å². The molecule has 7 heteroatoms. The molecule has 0 aliphatic heterocycles. The highest BCUT2D eigenvalue weighted by Crippen LogP contribution is 2.36. The second-order valence-corrected chi connectivity index (χ2v) is 6.10. The molecule has 0 amide bonds. The Hall–Kier alpha value is -0.840. The van der Waals surface area contributed by atoms with E-state index in [2.05, 4.69) is 59.6 Å². The van der Waals surface area contributed by atoms with Crippen LogP contribution in [0.3, 0.4) is 0 Å². The van der Waals surface area contributed by atoms with Crippen molar-refractivity contribution in [2.45, 2.75) is 13.3 Å². The van der Waals surface area contributed by atoms with Crippen LogP contribution in [0.1, 0.15) is 13.3 Å². The van der Waals surface area contributed by atoms with Crippen molar-refractivity contribution in [2.24, 2.45) is 0 Å². The molecule has 0 atom stereocenters. The molecule has 0 radical (unpaired) electrons. The van der Waals surface area contributed by atoms with E-state index in [1.54, 1.807) is 12.1 Å². The first-order valence-electron chi connectivity index (χ1n) is 5.49. The first-order valence-corrected chi connectivity index (χ1v) is 7.87. The number of rotatable bonds is 3. The maximum Gasteiger partial charge on any atom is 0.390 e. The highest BCUT2D eigenvalue weighted by Gasteiger charge is 2.11. The molecule has 0 aliphatic carbocycles. The van der Waals surface area contributed by atoms with Crippen molar-refractivity contribution in [3.63, 3.8) is 0 Å². The van der Waals surface area contributed by atoms with Crippen LogP contribution in [0, 0.1) is 11.8 Å². The van der Waals surface area contributed by atoms with Gasteiger partial charge in [0.2, 0.25) is 0 Å². The van der Waals surface area contributed by atoms with Crippen LogP contribution in [0.25, 0.3) is 0 Å². The van der Waals surface area contributed by atoms with Gasteiger partial charge in [-0.3, -0.25) is 0 Å². The summed E-state index contributed by atoms with van der Waals surface area (Å²) in [7, 11) is 0. The molecule has 0 saturated carbocycles. The Morgan fingerprint density at radius 3 is 2.20 bits per heavy atom. The minimum Gasteiger partial charge on any atom is -0.456 e. The van der Waals surface area contributed by atoms with Gasteiger partial charge in [-0.05, 0) is 50.4 Å². The SMILES string of the molecule is CCCOC(=O)C#CC(=O)Oc1c(Br)cc(Br)cc1Br. The average Bonchev–Trinajstić information content (AvgIpc) is 2.38. The van der Waals surface area contributed by atoms with Gasteiger partial charge in [-0.2, -0.15) is 0 Å². The van der Waals surface area contributed by atoms with Gasteiger partial charge >= 0.3 is 11.9 Å². The highest BCUT2D eigenvalue weighted by molar-refractivity contribution is 9.11. The van der Waals surface area contributed by atoms with Crippen molar-refractivity contribution < 1.29 is 19.1 Å². The third kappa shape index (κ3) is 5.65. The van der Waals surface area contributed by atoms with E-state index >= 15 is 0 Å². The molecule has 1 rings (SSSR count). The van der Waals surface area contributed by atoms with Crippen LogP contribution in [-0.2, 0) is 14.3 Å². The quantitative estimate of drug-likeness (QED) is 0.293. The molecular weight excluding hydrogens is 460 g/mol. The fourth-order valence-electron chi connectivity index (χ4n) is 1.08.